The standard InChI is InChI=1S/C18H26N2O5S2/c1-3-25-18(22)15-13-6-4-5-7-14(13)26-17(15)19-16(21)12-8-10-20(11-9-12)27(2,23)24/h12H,3-11H2,1-2H3,(H,19,21). The molecule has 0 bridgehead atoms. The van der Waals surface area contributed by atoms with Crippen LogP contribution in [0.15, 0.2) is 0 Å². The van der Waals surface area contributed by atoms with Crippen LogP contribution >= 0.6 is 11.3 Å². The van der Waals surface area contributed by atoms with Crippen LogP contribution in [0, 0.1) is 5.92 Å². The van der Waals surface area contributed by atoms with E-state index < -0.39 is 10.0 Å². The highest BCUT2D eigenvalue weighted by Gasteiger charge is 2.32. The van der Waals surface area contributed by atoms with Crippen LogP contribution in [0.2, 0.25) is 0 Å². The third-order valence-electron chi connectivity index (χ3n) is 5.18. The summed E-state index contributed by atoms with van der Waals surface area (Å²) in [5.41, 5.74) is 1.53. The van der Waals surface area contributed by atoms with Gasteiger partial charge in [-0.15, -0.1) is 11.3 Å². The van der Waals surface area contributed by atoms with Crippen LogP contribution in [0.25, 0.3) is 0 Å². The molecule has 1 amide bonds. The van der Waals surface area contributed by atoms with Gasteiger partial charge in [0.15, 0.2) is 0 Å². The average Bonchev–Trinajstić information content (AvgIpc) is 2.99. The van der Waals surface area contributed by atoms with Crippen LogP contribution in [0.5, 0.6) is 0 Å². The summed E-state index contributed by atoms with van der Waals surface area (Å²) < 4.78 is 29.9. The molecule has 1 saturated heterocycles. The molecule has 2 heterocycles. The molecule has 1 aromatic rings. The van der Waals surface area contributed by atoms with Gasteiger partial charge in [0.2, 0.25) is 15.9 Å². The zero-order valence-electron chi connectivity index (χ0n) is 15.7. The summed E-state index contributed by atoms with van der Waals surface area (Å²) in [4.78, 5) is 26.4. The predicted molar refractivity (Wildman–Crippen MR) is 105 cm³/mol. The van der Waals surface area contributed by atoms with Gasteiger partial charge >= 0.3 is 5.97 Å². The summed E-state index contributed by atoms with van der Waals surface area (Å²) in [5.74, 6) is -0.774. The summed E-state index contributed by atoms with van der Waals surface area (Å²) in [7, 11) is -3.22. The minimum atomic E-state index is -3.22. The molecular weight excluding hydrogens is 388 g/mol. The van der Waals surface area contributed by atoms with Crippen molar-refractivity contribution < 1.29 is 22.7 Å². The average molecular weight is 415 g/mol. The maximum Gasteiger partial charge on any atom is 0.341 e. The van der Waals surface area contributed by atoms with E-state index >= 15 is 0 Å². The van der Waals surface area contributed by atoms with Crippen LogP contribution in [-0.4, -0.2) is 50.6 Å². The Morgan fingerprint density at radius 1 is 1.22 bits per heavy atom. The number of rotatable bonds is 5. The number of carbonyl (C=O) groups excluding carboxylic acids is 2. The highest BCUT2D eigenvalue weighted by Crippen LogP contribution is 2.39. The molecule has 3 rings (SSSR count). The molecular formula is C18H26N2O5S2. The van der Waals surface area contributed by atoms with Crippen LogP contribution in [0.1, 0.15) is 53.4 Å². The van der Waals surface area contributed by atoms with Gasteiger partial charge in [0, 0.05) is 23.9 Å². The zero-order valence-corrected chi connectivity index (χ0v) is 17.4. The molecule has 27 heavy (non-hydrogen) atoms. The number of hydrogen-bond acceptors (Lipinski definition) is 6. The maximum absolute atomic E-state index is 12.7. The van der Waals surface area contributed by atoms with Crippen LogP contribution in [0.3, 0.4) is 0 Å². The lowest BCUT2D eigenvalue weighted by molar-refractivity contribution is -0.120. The summed E-state index contributed by atoms with van der Waals surface area (Å²) in [6, 6.07) is 0. The second kappa shape index (κ2) is 8.28. The number of esters is 1. The molecule has 1 fully saturated rings. The molecule has 0 saturated carbocycles. The molecule has 150 valence electrons. The number of hydrogen-bond donors (Lipinski definition) is 1. The minimum absolute atomic E-state index is 0.146. The molecule has 2 aliphatic rings. The Morgan fingerprint density at radius 3 is 2.52 bits per heavy atom. The SMILES string of the molecule is CCOC(=O)c1c(NC(=O)C2CCN(S(C)(=O)=O)CC2)sc2c1CCCC2. The number of amides is 1. The molecule has 1 aliphatic heterocycles. The Hall–Kier alpha value is -1.45. The minimum Gasteiger partial charge on any atom is -0.462 e. The van der Waals surface area contributed by atoms with Crippen molar-refractivity contribution >= 4 is 38.2 Å². The molecule has 0 radical (unpaired) electrons. The van der Waals surface area contributed by atoms with Gasteiger partial charge in [-0.05, 0) is 51.0 Å². The number of nitrogens with one attached hydrogen (secondary N) is 1. The number of aryl methyl sites for hydroxylation is 1. The first kappa shape index (κ1) is 20.3. The third kappa shape index (κ3) is 4.52. The smallest absolute Gasteiger partial charge is 0.341 e. The lowest BCUT2D eigenvalue weighted by Gasteiger charge is -2.29. The number of piperidine rings is 1. The van der Waals surface area contributed by atoms with E-state index in [-0.39, 0.29) is 17.8 Å². The molecule has 0 atom stereocenters. The number of ether oxygens (including phenoxy) is 1. The number of carbonyl (C=O) groups is 2. The fourth-order valence-electron chi connectivity index (χ4n) is 3.74. The van der Waals surface area contributed by atoms with Gasteiger partial charge < -0.3 is 10.1 Å². The molecule has 0 unspecified atom stereocenters. The first-order valence-corrected chi connectivity index (χ1v) is 12.1. The van der Waals surface area contributed by atoms with Gasteiger partial charge in [-0.3, -0.25) is 4.79 Å². The van der Waals surface area contributed by atoms with Crippen LogP contribution in [-0.2, 0) is 32.4 Å². The van der Waals surface area contributed by atoms with Crippen molar-refractivity contribution in [3.05, 3.63) is 16.0 Å². The topological polar surface area (TPSA) is 92.8 Å². The van der Waals surface area contributed by atoms with Crippen LogP contribution in [0.4, 0.5) is 5.00 Å². The predicted octanol–water partition coefficient (Wildman–Crippen LogP) is 2.41. The molecule has 0 aromatic carbocycles. The third-order valence-corrected chi connectivity index (χ3v) is 7.69. The van der Waals surface area contributed by atoms with E-state index in [1.807, 2.05) is 0 Å². The van der Waals surface area contributed by atoms with Crippen molar-refractivity contribution in [3.63, 3.8) is 0 Å². The summed E-state index contributed by atoms with van der Waals surface area (Å²) in [5, 5.41) is 3.52. The van der Waals surface area contributed by atoms with Crippen molar-refractivity contribution in [2.24, 2.45) is 5.92 Å². The fourth-order valence-corrected chi connectivity index (χ4v) is 5.89. The van der Waals surface area contributed by atoms with Crippen molar-refractivity contribution in [3.8, 4) is 0 Å². The van der Waals surface area contributed by atoms with Gasteiger partial charge in [-0.25, -0.2) is 17.5 Å². The van der Waals surface area contributed by atoms with E-state index in [1.54, 1.807) is 6.92 Å². The first-order chi connectivity index (χ1) is 12.8. The molecule has 7 nitrogen and oxygen atoms in total. The Morgan fingerprint density at radius 2 is 1.89 bits per heavy atom. The largest absolute Gasteiger partial charge is 0.462 e. The number of fused-ring (bicyclic) bond motifs is 1. The number of thiophene rings is 1. The van der Waals surface area contributed by atoms with Crippen molar-refractivity contribution in [1.29, 1.82) is 0 Å². The summed E-state index contributed by atoms with van der Waals surface area (Å²) >= 11 is 1.47. The van der Waals surface area contributed by atoms with E-state index in [9.17, 15) is 18.0 Å². The number of anilines is 1. The monoisotopic (exact) mass is 414 g/mol. The molecule has 0 spiro atoms. The molecule has 1 aliphatic carbocycles. The highest BCUT2D eigenvalue weighted by molar-refractivity contribution is 7.88. The summed E-state index contributed by atoms with van der Waals surface area (Å²) in [6.45, 7) is 2.76. The Kier molecular flexibility index (Phi) is 6.22. The van der Waals surface area contributed by atoms with E-state index in [1.165, 1.54) is 21.9 Å². The van der Waals surface area contributed by atoms with E-state index in [4.69, 9.17) is 4.74 Å². The second-order valence-corrected chi connectivity index (χ2v) is 10.1. The normalized spacial score (nSPS) is 18.7. The first-order valence-electron chi connectivity index (χ1n) is 9.39. The van der Waals surface area contributed by atoms with Gasteiger partial charge in [0.1, 0.15) is 5.00 Å². The molecule has 1 aromatic heterocycles. The van der Waals surface area contributed by atoms with Gasteiger partial charge in [-0.2, -0.15) is 0 Å². The van der Waals surface area contributed by atoms with Crippen LogP contribution < -0.4 is 5.32 Å². The van der Waals surface area contributed by atoms with E-state index in [0.717, 1.165) is 36.1 Å². The van der Waals surface area contributed by atoms with Crippen molar-refractivity contribution in [1.82, 2.24) is 4.31 Å². The molecule has 9 heteroatoms. The maximum atomic E-state index is 12.7. The Bertz CT molecular complexity index is 823. The fraction of sp³-hybridized carbons (Fsp3) is 0.667. The van der Waals surface area contributed by atoms with E-state index in [0.29, 0.717) is 43.1 Å². The number of sulfonamides is 1. The van der Waals surface area contributed by atoms with Gasteiger partial charge in [0.05, 0.1) is 18.4 Å². The second-order valence-electron chi connectivity index (χ2n) is 7.06. The highest BCUT2D eigenvalue weighted by atomic mass is 32.2. The van der Waals surface area contributed by atoms with E-state index in [2.05, 4.69) is 5.32 Å². The molecule has 1 N–H and O–H groups in total. The Balaban J connectivity index is 1.74. The summed E-state index contributed by atoms with van der Waals surface area (Å²) in [6.07, 6.45) is 6.05. The Labute approximate surface area is 164 Å². The zero-order chi connectivity index (χ0) is 19.6. The van der Waals surface area contributed by atoms with Gasteiger partial charge in [0.25, 0.3) is 0 Å². The lowest BCUT2D eigenvalue weighted by Crippen LogP contribution is -2.40. The van der Waals surface area contributed by atoms with Crippen molar-refractivity contribution in [2.75, 3.05) is 31.3 Å². The number of nitrogens with zero attached hydrogens (tertiary/aromatic N) is 1. The lowest BCUT2D eigenvalue weighted by atomic mass is 9.95. The quantitative estimate of drug-likeness (QED) is 0.747. The van der Waals surface area contributed by atoms with Crippen molar-refractivity contribution in [2.45, 2.75) is 45.4 Å². The van der Waals surface area contributed by atoms with Gasteiger partial charge in [-0.1, -0.05) is 0 Å².